The molecule has 0 amide bonds. The van der Waals surface area contributed by atoms with Crippen LogP contribution in [0.5, 0.6) is 0 Å². The summed E-state index contributed by atoms with van der Waals surface area (Å²) in [5, 5.41) is 8.94. The second kappa shape index (κ2) is 5.18. The first-order chi connectivity index (χ1) is 8.90. The minimum Gasteiger partial charge on any atom is -0.478 e. The van der Waals surface area contributed by atoms with E-state index in [-0.39, 0.29) is 28.0 Å². The van der Waals surface area contributed by atoms with Gasteiger partial charge in [-0.2, -0.15) is 0 Å². The number of nitrogens with two attached hydrogens (primary N) is 1. The van der Waals surface area contributed by atoms with Crippen molar-refractivity contribution in [1.29, 1.82) is 0 Å². The largest absolute Gasteiger partial charge is 0.478 e. The molecule has 0 spiro atoms. The Labute approximate surface area is 111 Å². The molecular weight excluding hydrogens is 270 g/mol. The van der Waals surface area contributed by atoms with E-state index in [4.69, 9.17) is 15.6 Å². The van der Waals surface area contributed by atoms with Gasteiger partial charge in [0.15, 0.2) is 9.84 Å². The normalized spacial score (nSPS) is 19.5. The number of nitrogen functional groups attached to an aromatic ring is 1. The standard InChI is InChI=1S/C12H15NO5S/c13-11-4-3-9(6-10(11)12(14)15)19(16,17)7-8-2-1-5-18-8/h3-4,6,8H,1-2,5,7,13H2,(H,14,15). The average Bonchev–Trinajstić information content (AvgIpc) is 2.80. The molecule has 7 heteroatoms. The first kappa shape index (κ1) is 13.8. The van der Waals surface area contributed by atoms with Crippen LogP contribution in [0.3, 0.4) is 0 Å². The second-order valence-electron chi connectivity index (χ2n) is 4.47. The summed E-state index contributed by atoms with van der Waals surface area (Å²) in [4.78, 5) is 10.9. The molecule has 3 N–H and O–H groups in total. The summed E-state index contributed by atoms with van der Waals surface area (Å²) >= 11 is 0. The third-order valence-electron chi connectivity index (χ3n) is 3.04. The van der Waals surface area contributed by atoms with Gasteiger partial charge in [-0.3, -0.25) is 0 Å². The first-order valence-electron chi connectivity index (χ1n) is 5.87. The van der Waals surface area contributed by atoms with Crippen LogP contribution in [0.15, 0.2) is 23.1 Å². The van der Waals surface area contributed by atoms with Crippen LogP contribution < -0.4 is 5.73 Å². The van der Waals surface area contributed by atoms with Gasteiger partial charge in [0.05, 0.1) is 22.3 Å². The highest BCUT2D eigenvalue weighted by molar-refractivity contribution is 7.91. The molecule has 1 heterocycles. The summed E-state index contributed by atoms with van der Waals surface area (Å²) in [5.74, 6) is -1.37. The highest BCUT2D eigenvalue weighted by atomic mass is 32.2. The Hall–Kier alpha value is -1.60. The van der Waals surface area contributed by atoms with Crippen molar-refractivity contribution >= 4 is 21.5 Å². The molecule has 0 aliphatic carbocycles. The molecule has 1 aromatic carbocycles. The molecule has 1 fully saturated rings. The van der Waals surface area contributed by atoms with Crippen molar-refractivity contribution in [3.8, 4) is 0 Å². The summed E-state index contributed by atoms with van der Waals surface area (Å²) in [7, 11) is -3.56. The van der Waals surface area contributed by atoms with E-state index in [0.29, 0.717) is 13.0 Å². The fourth-order valence-electron chi connectivity index (χ4n) is 2.03. The maximum Gasteiger partial charge on any atom is 0.337 e. The van der Waals surface area contributed by atoms with Gasteiger partial charge in [-0.25, -0.2) is 13.2 Å². The van der Waals surface area contributed by atoms with Crippen LogP contribution in [0.25, 0.3) is 0 Å². The fraction of sp³-hybridized carbons (Fsp3) is 0.417. The molecule has 1 saturated heterocycles. The zero-order valence-electron chi connectivity index (χ0n) is 10.2. The number of carbonyl (C=O) groups is 1. The van der Waals surface area contributed by atoms with Crippen LogP contribution in [0.4, 0.5) is 5.69 Å². The Morgan fingerprint density at radius 2 is 2.21 bits per heavy atom. The Morgan fingerprint density at radius 1 is 1.47 bits per heavy atom. The number of hydrogen-bond acceptors (Lipinski definition) is 5. The predicted molar refractivity (Wildman–Crippen MR) is 68.8 cm³/mol. The van der Waals surface area contributed by atoms with Gasteiger partial charge < -0.3 is 15.6 Å². The van der Waals surface area contributed by atoms with Crippen molar-refractivity contribution in [2.45, 2.75) is 23.8 Å². The van der Waals surface area contributed by atoms with Gasteiger partial charge in [-0.05, 0) is 31.0 Å². The summed E-state index contributed by atoms with van der Waals surface area (Å²) in [6, 6.07) is 3.72. The maximum atomic E-state index is 12.2. The minimum absolute atomic E-state index is 0.0328. The highest BCUT2D eigenvalue weighted by Crippen LogP contribution is 2.22. The smallest absolute Gasteiger partial charge is 0.337 e. The van der Waals surface area contributed by atoms with Crippen molar-refractivity contribution in [1.82, 2.24) is 0 Å². The van der Waals surface area contributed by atoms with Crippen LogP contribution in [-0.4, -0.2) is 38.0 Å². The number of carboxylic acids is 1. The van der Waals surface area contributed by atoms with E-state index in [1.54, 1.807) is 0 Å². The first-order valence-corrected chi connectivity index (χ1v) is 7.52. The lowest BCUT2D eigenvalue weighted by atomic mass is 10.2. The summed E-state index contributed by atoms with van der Waals surface area (Å²) in [6.07, 6.45) is 1.25. The SMILES string of the molecule is Nc1ccc(S(=O)(=O)CC2CCCO2)cc1C(=O)O. The lowest BCUT2D eigenvalue weighted by Gasteiger charge is -2.11. The molecule has 0 radical (unpaired) electrons. The zero-order chi connectivity index (χ0) is 14.0. The number of ether oxygens (including phenoxy) is 1. The molecular formula is C12H15NO5S. The van der Waals surface area contributed by atoms with Gasteiger partial charge in [0.2, 0.25) is 0 Å². The molecule has 1 aliphatic heterocycles. The molecule has 0 aromatic heterocycles. The molecule has 6 nitrogen and oxygen atoms in total. The molecule has 0 bridgehead atoms. The molecule has 1 atom stereocenters. The van der Waals surface area contributed by atoms with Crippen LogP contribution in [0.2, 0.25) is 0 Å². The van der Waals surface area contributed by atoms with Crippen molar-refractivity contribution in [2.24, 2.45) is 0 Å². The Morgan fingerprint density at radius 3 is 2.79 bits per heavy atom. The number of benzene rings is 1. The lowest BCUT2D eigenvalue weighted by Crippen LogP contribution is -2.20. The third-order valence-corrected chi connectivity index (χ3v) is 4.83. The number of sulfone groups is 1. The number of aromatic carboxylic acids is 1. The Bertz CT molecular complexity index is 590. The maximum absolute atomic E-state index is 12.2. The molecule has 0 saturated carbocycles. The van der Waals surface area contributed by atoms with Gasteiger partial charge in [-0.1, -0.05) is 0 Å². The summed E-state index contributed by atoms with van der Waals surface area (Å²) < 4.78 is 29.6. The van der Waals surface area contributed by atoms with E-state index >= 15 is 0 Å². The quantitative estimate of drug-likeness (QED) is 0.797. The summed E-state index contributed by atoms with van der Waals surface area (Å²) in [6.45, 7) is 0.572. The average molecular weight is 285 g/mol. The van der Waals surface area contributed by atoms with Gasteiger partial charge in [0, 0.05) is 12.3 Å². The highest BCUT2D eigenvalue weighted by Gasteiger charge is 2.25. The molecule has 19 heavy (non-hydrogen) atoms. The monoisotopic (exact) mass is 285 g/mol. The van der Waals surface area contributed by atoms with Crippen LogP contribution in [0, 0.1) is 0 Å². The van der Waals surface area contributed by atoms with E-state index in [1.807, 2.05) is 0 Å². The van der Waals surface area contributed by atoms with Gasteiger partial charge >= 0.3 is 5.97 Å². The Kier molecular flexibility index (Phi) is 3.77. The van der Waals surface area contributed by atoms with Gasteiger partial charge in [-0.15, -0.1) is 0 Å². The summed E-state index contributed by atoms with van der Waals surface area (Å²) in [5.41, 5.74) is 5.34. The van der Waals surface area contributed by atoms with Crippen molar-refractivity contribution < 1.29 is 23.1 Å². The number of carboxylic acid groups (broad SMARTS) is 1. The van der Waals surface area contributed by atoms with E-state index in [9.17, 15) is 13.2 Å². The molecule has 1 aliphatic rings. The van der Waals surface area contributed by atoms with Crippen LogP contribution in [0.1, 0.15) is 23.2 Å². The van der Waals surface area contributed by atoms with E-state index in [1.165, 1.54) is 12.1 Å². The van der Waals surface area contributed by atoms with E-state index in [2.05, 4.69) is 0 Å². The zero-order valence-corrected chi connectivity index (χ0v) is 11.0. The van der Waals surface area contributed by atoms with E-state index < -0.39 is 15.8 Å². The third kappa shape index (κ3) is 3.05. The molecule has 2 rings (SSSR count). The van der Waals surface area contributed by atoms with Gasteiger partial charge in [0.1, 0.15) is 0 Å². The lowest BCUT2D eigenvalue weighted by molar-refractivity contribution is 0.0698. The topological polar surface area (TPSA) is 107 Å². The number of hydrogen-bond donors (Lipinski definition) is 2. The van der Waals surface area contributed by atoms with Crippen LogP contribution in [-0.2, 0) is 14.6 Å². The predicted octanol–water partition coefficient (Wildman–Crippen LogP) is 0.920. The number of anilines is 1. The second-order valence-corrected chi connectivity index (χ2v) is 6.50. The fourth-order valence-corrected chi connectivity index (χ4v) is 3.55. The Balaban J connectivity index is 2.29. The van der Waals surface area contributed by atoms with Crippen molar-refractivity contribution in [3.63, 3.8) is 0 Å². The molecule has 1 unspecified atom stereocenters. The van der Waals surface area contributed by atoms with Crippen molar-refractivity contribution in [2.75, 3.05) is 18.1 Å². The van der Waals surface area contributed by atoms with Crippen LogP contribution >= 0.6 is 0 Å². The molecule has 1 aromatic rings. The van der Waals surface area contributed by atoms with Gasteiger partial charge in [0.25, 0.3) is 0 Å². The van der Waals surface area contributed by atoms with E-state index in [0.717, 1.165) is 12.5 Å². The minimum atomic E-state index is -3.56. The number of rotatable bonds is 4. The van der Waals surface area contributed by atoms with Crippen molar-refractivity contribution in [3.05, 3.63) is 23.8 Å². The molecule has 104 valence electrons.